The van der Waals surface area contributed by atoms with Crippen LogP contribution in [0.5, 0.6) is 0 Å². The molecule has 138 valence electrons. The van der Waals surface area contributed by atoms with Crippen LogP contribution >= 0.6 is 11.8 Å². The van der Waals surface area contributed by atoms with Gasteiger partial charge in [0.1, 0.15) is 0 Å². The minimum absolute atomic E-state index is 0.0993. The molecule has 1 amide bonds. The van der Waals surface area contributed by atoms with Crippen molar-refractivity contribution in [1.29, 1.82) is 0 Å². The summed E-state index contributed by atoms with van der Waals surface area (Å²) < 4.78 is 23.6. The lowest BCUT2D eigenvalue weighted by Gasteiger charge is -2.08. The second kappa shape index (κ2) is 14.1. The molecule has 0 fully saturated rings. The van der Waals surface area contributed by atoms with Gasteiger partial charge < -0.3 is 5.73 Å². The second-order valence-electron chi connectivity index (χ2n) is 6.42. The van der Waals surface area contributed by atoms with Gasteiger partial charge in [0.05, 0.1) is 10.8 Å². The van der Waals surface area contributed by atoms with Gasteiger partial charge >= 0.3 is 0 Å². The molecule has 0 saturated heterocycles. The number of carbonyl (C=O) groups excluding carboxylic acids is 1. The molecule has 0 aromatic rings. The van der Waals surface area contributed by atoms with Crippen LogP contribution in [0.25, 0.3) is 0 Å². The fourth-order valence-corrected chi connectivity index (χ4v) is 5.59. The quantitative estimate of drug-likeness (QED) is 0.417. The summed E-state index contributed by atoms with van der Waals surface area (Å²) in [4.78, 5) is 10.9. The molecular weight excluding hydrogens is 330 g/mol. The first-order valence-corrected chi connectivity index (χ1v) is 11.9. The number of hydrogen-bond acceptors (Lipinski definition) is 4. The topological polar surface area (TPSA) is 77.2 Å². The maximum atomic E-state index is 11.8. The molecular formula is C17H35NO3S2. The summed E-state index contributed by atoms with van der Waals surface area (Å²) in [5, 5.41) is 0.0993. The molecule has 1 unspecified atom stereocenters. The van der Waals surface area contributed by atoms with Crippen LogP contribution in [0.3, 0.4) is 0 Å². The number of thioether (sulfide) groups is 1. The first-order valence-electron chi connectivity index (χ1n) is 8.96. The molecule has 0 bridgehead atoms. The molecule has 0 aliphatic rings. The zero-order valence-corrected chi connectivity index (χ0v) is 16.5. The summed E-state index contributed by atoms with van der Waals surface area (Å²) in [6.07, 6.45) is 12.9. The number of nitrogens with two attached hydrogens (primary N) is 1. The Hall–Kier alpha value is -0.230. The molecule has 0 aromatic carbocycles. The minimum Gasteiger partial charge on any atom is -0.369 e. The van der Waals surface area contributed by atoms with Crippen molar-refractivity contribution in [2.24, 2.45) is 11.7 Å². The van der Waals surface area contributed by atoms with Crippen LogP contribution in [-0.2, 0) is 14.6 Å². The molecule has 23 heavy (non-hydrogen) atoms. The molecule has 4 nitrogen and oxygen atoms in total. The van der Waals surface area contributed by atoms with Gasteiger partial charge in [0, 0.05) is 5.92 Å². The van der Waals surface area contributed by atoms with Crippen molar-refractivity contribution in [3.05, 3.63) is 0 Å². The molecule has 0 aliphatic heterocycles. The van der Waals surface area contributed by atoms with E-state index in [1.807, 2.05) is 0 Å². The summed E-state index contributed by atoms with van der Waals surface area (Å²) in [6.45, 7) is 3.80. The van der Waals surface area contributed by atoms with Crippen molar-refractivity contribution in [1.82, 2.24) is 0 Å². The number of hydrogen-bond donors (Lipinski definition) is 1. The van der Waals surface area contributed by atoms with Crippen LogP contribution in [0, 0.1) is 5.92 Å². The Morgan fingerprint density at radius 3 is 1.91 bits per heavy atom. The smallest absolute Gasteiger partial charge is 0.221 e. The van der Waals surface area contributed by atoms with Gasteiger partial charge in [-0.25, -0.2) is 8.42 Å². The third-order valence-electron chi connectivity index (χ3n) is 3.89. The highest BCUT2D eigenvalue weighted by Crippen LogP contribution is 2.14. The number of rotatable bonds is 16. The Balaban J connectivity index is 3.43. The Morgan fingerprint density at radius 1 is 0.957 bits per heavy atom. The summed E-state index contributed by atoms with van der Waals surface area (Å²) in [5.41, 5.74) is 5.10. The molecule has 6 heteroatoms. The van der Waals surface area contributed by atoms with E-state index in [2.05, 4.69) is 6.92 Å². The molecule has 0 heterocycles. The predicted octanol–water partition coefficient (Wildman–Crippen LogP) is 4.13. The van der Waals surface area contributed by atoms with Gasteiger partial charge in [-0.05, 0) is 12.2 Å². The lowest BCUT2D eigenvalue weighted by Crippen LogP contribution is -2.28. The average molecular weight is 366 g/mol. The highest BCUT2D eigenvalue weighted by atomic mass is 32.3. The maximum absolute atomic E-state index is 11.8. The van der Waals surface area contributed by atoms with Crippen LogP contribution in [0.1, 0.15) is 78.1 Å². The molecule has 0 aromatic heterocycles. The largest absolute Gasteiger partial charge is 0.369 e. The van der Waals surface area contributed by atoms with E-state index in [0.717, 1.165) is 12.2 Å². The van der Waals surface area contributed by atoms with E-state index < -0.39 is 21.7 Å². The van der Waals surface area contributed by atoms with Crippen molar-refractivity contribution in [3.8, 4) is 0 Å². The lowest BCUT2D eigenvalue weighted by molar-refractivity contribution is -0.120. The van der Waals surface area contributed by atoms with E-state index in [1.165, 1.54) is 69.5 Å². The highest BCUT2D eigenvalue weighted by molar-refractivity contribution is 8.12. The molecule has 1 atom stereocenters. The molecule has 0 aliphatic carbocycles. The number of carbonyl (C=O) groups is 1. The van der Waals surface area contributed by atoms with Crippen LogP contribution in [0.2, 0.25) is 0 Å². The summed E-state index contributed by atoms with van der Waals surface area (Å²) in [6, 6.07) is 0. The van der Waals surface area contributed by atoms with Gasteiger partial charge in [-0.15, -0.1) is 11.8 Å². The number of sulfone groups is 1. The van der Waals surface area contributed by atoms with Crippen molar-refractivity contribution >= 4 is 27.5 Å². The van der Waals surface area contributed by atoms with Gasteiger partial charge in [-0.2, -0.15) is 0 Å². The Morgan fingerprint density at radius 2 is 1.43 bits per heavy atom. The fourth-order valence-electron chi connectivity index (χ4n) is 2.39. The second-order valence-corrected chi connectivity index (χ2v) is 10.0. The molecule has 0 saturated carbocycles. The molecule has 2 N–H and O–H groups in total. The van der Waals surface area contributed by atoms with Crippen LogP contribution in [0.4, 0.5) is 0 Å². The minimum atomic E-state index is -3.18. The Labute approximate surface area is 147 Å². The number of amides is 1. The monoisotopic (exact) mass is 365 g/mol. The Kier molecular flexibility index (Phi) is 14.0. The summed E-state index contributed by atoms with van der Waals surface area (Å²) >= 11 is 1.45. The average Bonchev–Trinajstić information content (AvgIpc) is 2.47. The van der Waals surface area contributed by atoms with Gasteiger partial charge in [0.25, 0.3) is 0 Å². The third-order valence-corrected chi connectivity index (χ3v) is 7.58. The normalized spacial score (nSPS) is 13.1. The first kappa shape index (κ1) is 22.8. The summed E-state index contributed by atoms with van der Waals surface area (Å²) in [5.74, 6) is -0.403. The maximum Gasteiger partial charge on any atom is 0.221 e. The van der Waals surface area contributed by atoms with Gasteiger partial charge in [0.2, 0.25) is 5.91 Å². The van der Waals surface area contributed by atoms with Crippen LogP contribution in [-0.4, -0.2) is 30.9 Å². The van der Waals surface area contributed by atoms with E-state index in [-0.39, 0.29) is 10.8 Å². The fraction of sp³-hybridized carbons (Fsp3) is 0.941. The van der Waals surface area contributed by atoms with E-state index in [4.69, 9.17) is 5.73 Å². The molecule has 0 spiro atoms. The summed E-state index contributed by atoms with van der Waals surface area (Å²) in [7, 11) is -3.18. The molecule has 0 radical (unpaired) electrons. The third kappa shape index (κ3) is 15.1. The highest BCUT2D eigenvalue weighted by Gasteiger charge is 2.19. The zero-order chi connectivity index (χ0) is 17.6. The van der Waals surface area contributed by atoms with Gasteiger partial charge in [-0.1, -0.05) is 71.6 Å². The standard InChI is InChI=1S/C17H35NO3S2/c1-3-4-5-6-7-8-9-10-11-12-13-22-15-23(20,21)14-16(2)17(18)19/h16H,3-15H2,1-2H3,(H2,18,19). The zero-order valence-electron chi connectivity index (χ0n) is 14.9. The lowest BCUT2D eigenvalue weighted by atomic mass is 10.1. The predicted molar refractivity (Wildman–Crippen MR) is 101 cm³/mol. The number of unbranched alkanes of at least 4 members (excludes halogenated alkanes) is 9. The first-order chi connectivity index (χ1) is 10.9. The van der Waals surface area contributed by atoms with Crippen molar-refractivity contribution in [2.75, 3.05) is 16.6 Å². The van der Waals surface area contributed by atoms with Crippen molar-refractivity contribution < 1.29 is 13.2 Å². The van der Waals surface area contributed by atoms with Crippen LogP contribution in [0.15, 0.2) is 0 Å². The molecule has 0 rings (SSSR count). The van der Waals surface area contributed by atoms with Crippen molar-refractivity contribution in [3.63, 3.8) is 0 Å². The Bertz CT molecular complexity index is 397. The van der Waals surface area contributed by atoms with Gasteiger partial charge in [-0.3, -0.25) is 4.79 Å². The number of primary amides is 1. The van der Waals surface area contributed by atoms with Crippen LogP contribution < -0.4 is 5.73 Å². The van der Waals surface area contributed by atoms with Crippen molar-refractivity contribution in [2.45, 2.75) is 78.1 Å². The van der Waals surface area contributed by atoms with Gasteiger partial charge in [0.15, 0.2) is 9.84 Å². The van der Waals surface area contributed by atoms with E-state index >= 15 is 0 Å². The van der Waals surface area contributed by atoms with E-state index in [0.29, 0.717) is 0 Å². The van der Waals surface area contributed by atoms with E-state index in [1.54, 1.807) is 6.92 Å². The van der Waals surface area contributed by atoms with E-state index in [9.17, 15) is 13.2 Å². The SMILES string of the molecule is CCCCCCCCCCCCSCS(=O)(=O)CC(C)C(N)=O.